The summed E-state index contributed by atoms with van der Waals surface area (Å²) in [6.45, 7) is 0.566. The van der Waals surface area contributed by atoms with Crippen LogP contribution in [0, 0.1) is 29.1 Å². The van der Waals surface area contributed by atoms with E-state index >= 15 is 0 Å². The summed E-state index contributed by atoms with van der Waals surface area (Å²) >= 11 is 0. The van der Waals surface area contributed by atoms with Gasteiger partial charge in [0.25, 0.3) is 0 Å². The van der Waals surface area contributed by atoms with Crippen molar-refractivity contribution in [3.8, 4) is 5.75 Å². The van der Waals surface area contributed by atoms with E-state index in [1.807, 2.05) is 0 Å². The number of nitrogens with one attached hydrogen (secondary N) is 1. The largest absolute Gasteiger partial charge is 0.507 e. The van der Waals surface area contributed by atoms with Crippen LogP contribution in [-0.2, 0) is 27.0 Å². The molecule has 0 radical (unpaired) electrons. The van der Waals surface area contributed by atoms with Crippen molar-refractivity contribution in [2.24, 2.45) is 29.4 Å². The highest BCUT2D eigenvalue weighted by Crippen LogP contribution is 2.53. The van der Waals surface area contributed by atoms with E-state index in [0.29, 0.717) is 19.4 Å². The topological polar surface area (TPSA) is 165 Å². The van der Waals surface area contributed by atoms with Crippen LogP contribution in [0.2, 0.25) is 0 Å². The number of ketones is 3. The van der Waals surface area contributed by atoms with Crippen LogP contribution in [0.3, 0.4) is 0 Å². The summed E-state index contributed by atoms with van der Waals surface area (Å²) in [6, 6.07) is -0.933. The van der Waals surface area contributed by atoms with Gasteiger partial charge in [0.05, 0.1) is 28.8 Å². The van der Waals surface area contributed by atoms with E-state index < -0.39 is 105 Å². The van der Waals surface area contributed by atoms with E-state index in [0.717, 1.165) is 12.5 Å². The molecule has 2 saturated carbocycles. The summed E-state index contributed by atoms with van der Waals surface area (Å²) in [5, 5.41) is 31.2. The Balaban J connectivity index is 1.68. The van der Waals surface area contributed by atoms with Crippen LogP contribution in [-0.4, -0.2) is 88.3 Å². The van der Waals surface area contributed by atoms with Crippen LogP contribution in [0.15, 0.2) is 6.07 Å². The van der Waals surface area contributed by atoms with Crippen molar-refractivity contribution in [2.45, 2.75) is 56.0 Å². The number of fused-ring (bicyclic) bond motifs is 3. The highest BCUT2D eigenvalue weighted by atomic mass is 19.4. The lowest BCUT2D eigenvalue weighted by Crippen LogP contribution is -2.73. The van der Waals surface area contributed by atoms with Gasteiger partial charge in [0.15, 0.2) is 23.0 Å². The first-order valence-electron chi connectivity index (χ1n) is 13.6. The fraction of sp³-hybridized carbons (Fsp3) is 0.607. The number of alkyl halides is 3. The lowest BCUT2D eigenvalue weighted by molar-refractivity contribution is -0.157. The number of benzene rings is 1. The predicted octanol–water partition coefficient (Wildman–Crippen LogP) is 1.49. The second-order valence-electron chi connectivity index (χ2n) is 12.0. The zero-order valence-corrected chi connectivity index (χ0v) is 22.9. The van der Waals surface area contributed by atoms with Crippen molar-refractivity contribution < 1.29 is 42.6 Å². The van der Waals surface area contributed by atoms with Crippen molar-refractivity contribution in [1.82, 2.24) is 9.80 Å². The van der Waals surface area contributed by atoms with E-state index in [4.69, 9.17) is 11.1 Å². The minimum absolute atomic E-state index is 0.133. The van der Waals surface area contributed by atoms with Gasteiger partial charge in [0, 0.05) is 12.0 Å². The third-order valence-electron chi connectivity index (χ3n) is 9.57. The number of halogens is 3. The van der Waals surface area contributed by atoms with Crippen molar-refractivity contribution in [3.05, 3.63) is 28.3 Å². The van der Waals surface area contributed by atoms with Gasteiger partial charge in [-0.05, 0) is 76.5 Å². The smallest absolute Gasteiger partial charge is 0.417 e. The molecule has 1 saturated heterocycles. The Kier molecular flexibility index (Phi) is 6.94. The number of carbonyl (C=O) groups excluding carboxylic acids is 4. The first kappa shape index (κ1) is 29.3. The molecule has 0 bridgehead atoms. The highest BCUT2D eigenvalue weighted by molar-refractivity contribution is 6.33. The molecule has 3 fully saturated rings. The van der Waals surface area contributed by atoms with Crippen molar-refractivity contribution in [2.75, 3.05) is 27.7 Å². The van der Waals surface area contributed by atoms with Crippen LogP contribution < -0.4 is 5.73 Å². The second-order valence-corrected chi connectivity index (χ2v) is 12.0. The van der Waals surface area contributed by atoms with Crippen LogP contribution in [0.1, 0.15) is 58.8 Å². The molecule has 41 heavy (non-hydrogen) atoms. The average molecular weight is 579 g/mol. The average Bonchev–Trinajstić information content (AvgIpc) is 2.85. The summed E-state index contributed by atoms with van der Waals surface area (Å²) in [7, 11) is 4.65. The number of aliphatic hydroxyl groups is 1. The fourth-order valence-corrected chi connectivity index (χ4v) is 7.83. The number of aromatic hydroxyl groups is 1. The van der Waals surface area contributed by atoms with Gasteiger partial charge in [-0.3, -0.25) is 29.0 Å². The zero-order valence-electron chi connectivity index (χ0n) is 22.9. The maximum absolute atomic E-state index is 14.8. The first-order valence-corrected chi connectivity index (χ1v) is 13.6. The zero-order chi connectivity index (χ0) is 30.3. The van der Waals surface area contributed by atoms with Gasteiger partial charge in [-0.1, -0.05) is 6.42 Å². The Morgan fingerprint density at radius 1 is 1.22 bits per heavy atom. The number of hydrogen-bond acceptors (Lipinski definition) is 9. The quantitative estimate of drug-likeness (QED) is 0.392. The number of amides is 1. The molecule has 4 aliphatic rings. The predicted molar refractivity (Wildman–Crippen MR) is 138 cm³/mol. The normalized spacial score (nSPS) is 34.3. The lowest BCUT2D eigenvalue weighted by Gasteiger charge is -2.53. The number of rotatable bonds is 3. The maximum atomic E-state index is 14.8. The molecule has 1 aromatic carbocycles. The van der Waals surface area contributed by atoms with Gasteiger partial charge in [-0.25, -0.2) is 0 Å². The number of Topliss-reactive ketones (excluding diaryl/α,β-unsaturated/α-hetero) is 3. The van der Waals surface area contributed by atoms with E-state index in [2.05, 4.69) is 0 Å². The van der Waals surface area contributed by atoms with Gasteiger partial charge >= 0.3 is 6.18 Å². The van der Waals surface area contributed by atoms with E-state index in [1.54, 1.807) is 11.9 Å². The molecule has 13 heteroatoms. The summed E-state index contributed by atoms with van der Waals surface area (Å²) < 4.78 is 44.3. The molecule has 5 N–H and O–H groups in total. The fourth-order valence-electron chi connectivity index (χ4n) is 7.83. The van der Waals surface area contributed by atoms with E-state index in [-0.39, 0.29) is 12.0 Å². The molecule has 7 atom stereocenters. The summed E-state index contributed by atoms with van der Waals surface area (Å²) in [5.41, 5.74) is -0.440. The third-order valence-corrected chi connectivity index (χ3v) is 9.57. The Labute approximate surface area is 234 Å². The standard InChI is InChI=1S/C28H33F3N4O6/c1-34(2)21-14-9-11-8-13-18(16(36)10-12(20(13)28(29,30)31)15-6-4-5-7-35(15)3)22(37)17(11)25(39)27(14,41)24(32)19(23(21)38)26(33)40/h10-11,14-15,17,19,21,32,36,41H,4-9H2,1-3H3,(H2,33,40). The molecule has 1 heterocycles. The van der Waals surface area contributed by atoms with Crippen molar-refractivity contribution >= 4 is 29.0 Å². The number of phenolic OH excluding ortho intramolecular Hbond substituents is 1. The van der Waals surface area contributed by atoms with Crippen LogP contribution in [0.5, 0.6) is 5.75 Å². The number of nitrogens with two attached hydrogens (primary N) is 1. The number of likely N-dealkylation sites (tertiary alicyclic amines) is 1. The summed E-state index contributed by atoms with van der Waals surface area (Å²) in [5.74, 6) is -10.9. The molecular formula is C28H33F3N4O6. The second kappa shape index (κ2) is 9.70. The van der Waals surface area contributed by atoms with Gasteiger partial charge in [-0.15, -0.1) is 0 Å². The number of carbonyl (C=O) groups is 4. The van der Waals surface area contributed by atoms with Crippen molar-refractivity contribution in [1.29, 1.82) is 5.41 Å². The molecule has 0 aromatic heterocycles. The maximum Gasteiger partial charge on any atom is 0.417 e. The minimum atomic E-state index is -4.87. The molecule has 1 aliphatic heterocycles. The first-order chi connectivity index (χ1) is 19.0. The van der Waals surface area contributed by atoms with Gasteiger partial charge in [0.2, 0.25) is 5.91 Å². The molecular weight excluding hydrogens is 545 g/mol. The number of nitrogens with zero attached hydrogens (tertiary/aromatic N) is 2. The molecule has 5 rings (SSSR count). The number of piperidine rings is 1. The van der Waals surface area contributed by atoms with Crippen molar-refractivity contribution in [3.63, 3.8) is 0 Å². The molecule has 10 nitrogen and oxygen atoms in total. The molecule has 3 aliphatic carbocycles. The minimum Gasteiger partial charge on any atom is -0.507 e. The number of phenols is 1. The number of primary amides is 1. The monoisotopic (exact) mass is 578 g/mol. The third kappa shape index (κ3) is 4.15. The molecule has 0 spiro atoms. The molecule has 7 unspecified atom stereocenters. The number of hydrogen-bond donors (Lipinski definition) is 4. The molecule has 1 amide bonds. The Morgan fingerprint density at radius 2 is 1.88 bits per heavy atom. The summed E-state index contributed by atoms with van der Waals surface area (Å²) in [4.78, 5) is 56.3. The van der Waals surface area contributed by atoms with Gasteiger partial charge < -0.3 is 21.4 Å². The highest BCUT2D eigenvalue weighted by Gasteiger charge is 2.68. The Hall–Kier alpha value is -3.16. The molecule has 222 valence electrons. The van der Waals surface area contributed by atoms with Crippen LogP contribution in [0.25, 0.3) is 0 Å². The molecule has 1 aromatic rings. The van der Waals surface area contributed by atoms with Crippen LogP contribution >= 0.6 is 0 Å². The number of likely N-dealkylation sites (N-methyl/N-ethyl adjacent to an activating group) is 1. The Bertz CT molecular complexity index is 1380. The van der Waals surface area contributed by atoms with E-state index in [1.165, 1.54) is 19.0 Å². The van der Waals surface area contributed by atoms with E-state index in [9.17, 15) is 42.6 Å². The van der Waals surface area contributed by atoms with Gasteiger partial charge in [-0.2, -0.15) is 13.2 Å². The van der Waals surface area contributed by atoms with Gasteiger partial charge in [0.1, 0.15) is 11.7 Å². The van der Waals surface area contributed by atoms with Crippen LogP contribution in [0.4, 0.5) is 13.2 Å². The summed E-state index contributed by atoms with van der Waals surface area (Å²) in [6.07, 6.45) is -3.58. The SMILES string of the molecule is CN(C)C1C(=O)C(C(N)=O)C(=N)C2(O)C(=O)C3C(=O)c4c(O)cc(C5CCCCN5C)c(C(F)(F)F)c4CC3CC12. The Morgan fingerprint density at radius 3 is 2.44 bits per heavy atom. The lowest BCUT2D eigenvalue weighted by atomic mass is 9.52.